The summed E-state index contributed by atoms with van der Waals surface area (Å²) < 4.78 is 6.92. The number of hydrogen-bond acceptors (Lipinski definition) is 1. The van der Waals surface area contributed by atoms with E-state index in [4.69, 9.17) is 4.74 Å². The Balaban J connectivity index is 2.28. The van der Waals surface area contributed by atoms with Crippen LogP contribution in [0.5, 0.6) is 0 Å². The summed E-state index contributed by atoms with van der Waals surface area (Å²) in [4.78, 5) is 0. The van der Waals surface area contributed by atoms with Gasteiger partial charge in [-0.2, -0.15) is 0 Å². The van der Waals surface area contributed by atoms with E-state index in [1.54, 1.807) is 0 Å². The molecule has 0 aromatic rings. The number of rotatable bonds is 2. The first-order valence-corrected chi connectivity index (χ1v) is 5.48. The second kappa shape index (κ2) is 3.90. The Bertz CT molecular complexity index is 103. The van der Waals surface area contributed by atoms with Crippen molar-refractivity contribution in [1.29, 1.82) is 0 Å². The molecule has 0 unspecified atom stereocenters. The average molecular weight is 254 g/mol. The van der Waals surface area contributed by atoms with Crippen LogP contribution in [0.4, 0.5) is 0 Å². The summed E-state index contributed by atoms with van der Waals surface area (Å²) >= 11 is 2.40. The molecule has 0 bridgehead atoms. The van der Waals surface area contributed by atoms with E-state index in [9.17, 15) is 0 Å². The Morgan fingerprint density at radius 3 is 2.50 bits per heavy atom. The molecule has 1 heterocycles. The first-order valence-electron chi connectivity index (χ1n) is 3.95. The zero-order chi connectivity index (χ0) is 7.56. The van der Waals surface area contributed by atoms with Crippen molar-refractivity contribution >= 4 is 22.6 Å². The molecule has 0 aromatic heterocycles. The minimum atomic E-state index is 0.541. The molecule has 1 aliphatic rings. The number of hydrogen-bond donors (Lipinski definition) is 0. The lowest BCUT2D eigenvalue weighted by Crippen LogP contribution is -2.16. The van der Waals surface area contributed by atoms with E-state index in [1.165, 1.54) is 12.8 Å². The summed E-state index contributed by atoms with van der Waals surface area (Å²) in [5, 5.41) is 0. The Labute approximate surface area is 76.7 Å². The van der Waals surface area contributed by atoms with Crippen molar-refractivity contribution in [2.24, 2.45) is 5.92 Å². The molecule has 2 atom stereocenters. The van der Waals surface area contributed by atoms with Gasteiger partial charge in [-0.1, -0.05) is 36.4 Å². The fourth-order valence-corrected chi connectivity index (χ4v) is 1.99. The summed E-state index contributed by atoms with van der Waals surface area (Å²) in [5.74, 6) is 0.702. The van der Waals surface area contributed by atoms with Crippen LogP contribution < -0.4 is 0 Å². The van der Waals surface area contributed by atoms with E-state index in [-0.39, 0.29) is 0 Å². The predicted molar refractivity (Wildman–Crippen MR) is 51.6 cm³/mol. The van der Waals surface area contributed by atoms with E-state index >= 15 is 0 Å². The molecule has 1 aliphatic heterocycles. The van der Waals surface area contributed by atoms with E-state index in [0.717, 1.165) is 4.43 Å². The van der Waals surface area contributed by atoms with Crippen molar-refractivity contribution in [3.63, 3.8) is 0 Å². The Hall–Kier alpha value is 0.690. The molecule has 1 fully saturated rings. The topological polar surface area (TPSA) is 9.23 Å². The molecular weight excluding hydrogens is 239 g/mol. The maximum atomic E-state index is 5.76. The minimum Gasteiger partial charge on any atom is -0.374 e. The van der Waals surface area contributed by atoms with Gasteiger partial charge >= 0.3 is 0 Å². The van der Waals surface area contributed by atoms with Crippen molar-refractivity contribution in [3.05, 3.63) is 0 Å². The number of ether oxygens (including phenoxy) is 1. The lowest BCUT2D eigenvalue weighted by molar-refractivity contribution is 0.0324. The lowest BCUT2D eigenvalue weighted by Gasteiger charge is -2.14. The van der Waals surface area contributed by atoms with Crippen molar-refractivity contribution in [2.45, 2.75) is 38.9 Å². The maximum absolute atomic E-state index is 5.76. The Morgan fingerprint density at radius 1 is 1.50 bits per heavy atom. The molecule has 1 rings (SSSR count). The SMILES string of the molecule is CC(C)[C@H]1CC[C@@H](CI)O1. The van der Waals surface area contributed by atoms with Gasteiger partial charge in [0.15, 0.2) is 0 Å². The fourth-order valence-electron chi connectivity index (χ4n) is 1.34. The van der Waals surface area contributed by atoms with Crippen molar-refractivity contribution < 1.29 is 4.74 Å². The average Bonchev–Trinajstić information content (AvgIpc) is 2.34. The van der Waals surface area contributed by atoms with Crippen LogP contribution >= 0.6 is 22.6 Å². The van der Waals surface area contributed by atoms with Crippen molar-refractivity contribution in [3.8, 4) is 0 Å². The molecule has 0 saturated carbocycles. The van der Waals surface area contributed by atoms with Crippen LogP contribution in [0.2, 0.25) is 0 Å². The standard InChI is InChI=1S/C8H15IO/c1-6(2)8-4-3-7(5-9)10-8/h6-8H,3-5H2,1-2H3/t7-,8+/m0/s1. The summed E-state index contributed by atoms with van der Waals surface area (Å²) in [6.45, 7) is 4.47. The Kier molecular flexibility index (Phi) is 3.43. The van der Waals surface area contributed by atoms with Crippen molar-refractivity contribution in [2.75, 3.05) is 4.43 Å². The largest absolute Gasteiger partial charge is 0.374 e. The van der Waals surface area contributed by atoms with Gasteiger partial charge in [0.2, 0.25) is 0 Å². The predicted octanol–water partition coefficient (Wildman–Crippen LogP) is 2.63. The van der Waals surface area contributed by atoms with E-state index in [2.05, 4.69) is 36.4 Å². The summed E-state index contributed by atoms with van der Waals surface area (Å²) in [5.41, 5.74) is 0. The molecule has 0 amide bonds. The number of halogens is 1. The van der Waals surface area contributed by atoms with Crippen LogP contribution in [0, 0.1) is 5.92 Å². The zero-order valence-corrected chi connectivity index (χ0v) is 8.80. The molecule has 1 saturated heterocycles. The highest BCUT2D eigenvalue weighted by molar-refractivity contribution is 14.1. The number of alkyl halides is 1. The van der Waals surface area contributed by atoms with Gasteiger partial charge in [-0.05, 0) is 18.8 Å². The van der Waals surface area contributed by atoms with Crippen LogP contribution in [-0.2, 0) is 4.74 Å². The third kappa shape index (κ3) is 2.09. The first kappa shape index (κ1) is 8.78. The van der Waals surface area contributed by atoms with Gasteiger partial charge in [-0.25, -0.2) is 0 Å². The van der Waals surface area contributed by atoms with Crippen LogP contribution in [0.15, 0.2) is 0 Å². The van der Waals surface area contributed by atoms with Crippen LogP contribution in [0.25, 0.3) is 0 Å². The third-order valence-electron chi connectivity index (χ3n) is 2.06. The van der Waals surface area contributed by atoms with Crippen LogP contribution in [-0.4, -0.2) is 16.6 Å². The molecule has 0 radical (unpaired) electrons. The molecule has 0 N–H and O–H groups in total. The zero-order valence-electron chi connectivity index (χ0n) is 6.64. The van der Waals surface area contributed by atoms with Gasteiger partial charge in [0.25, 0.3) is 0 Å². The van der Waals surface area contributed by atoms with Gasteiger partial charge in [0, 0.05) is 4.43 Å². The van der Waals surface area contributed by atoms with Gasteiger partial charge in [-0.15, -0.1) is 0 Å². The van der Waals surface area contributed by atoms with Crippen molar-refractivity contribution in [1.82, 2.24) is 0 Å². The molecule has 10 heavy (non-hydrogen) atoms. The fraction of sp³-hybridized carbons (Fsp3) is 1.00. The highest BCUT2D eigenvalue weighted by atomic mass is 127. The van der Waals surface area contributed by atoms with Gasteiger partial charge in [-0.3, -0.25) is 0 Å². The van der Waals surface area contributed by atoms with Gasteiger partial charge < -0.3 is 4.74 Å². The minimum absolute atomic E-state index is 0.541. The smallest absolute Gasteiger partial charge is 0.0669 e. The summed E-state index contributed by atoms with van der Waals surface area (Å²) in [6.07, 6.45) is 3.63. The third-order valence-corrected chi connectivity index (χ3v) is 3.04. The Morgan fingerprint density at radius 2 is 2.20 bits per heavy atom. The van der Waals surface area contributed by atoms with E-state index in [1.807, 2.05) is 0 Å². The van der Waals surface area contributed by atoms with Gasteiger partial charge in [0.1, 0.15) is 0 Å². The van der Waals surface area contributed by atoms with E-state index in [0.29, 0.717) is 18.1 Å². The van der Waals surface area contributed by atoms with Crippen LogP contribution in [0.3, 0.4) is 0 Å². The van der Waals surface area contributed by atoms with Crippen LogP contribution in [0.1, 0.15) is 26.7 Å². The first-order chi connectivity index (χ1) is 4.74. The molecule has 0 aliphatic carbocycles. The van der Waals surface area contributed by atoms with Gasteiger partial charge in [0.05, 0.1) is 12.2 Å². The normalized spacial score (nSPS) is 33.6. The molecular formula is C8H15IO. The molecule has 60 valence electrons. The molecule has 0 aromatic carbocycles. The van der Waals surface area contributed by atoms with E-state index < -0.39 is 0 Å². The lowest BCUT2D eigenvalue weighted by atomic mass is 10.0. The molecule has 0 spiro atoms. The second-order valence-electron chi connectivity index (χ2n) is 3.27. The highest BCUT2D eigenvalue weighted by Gasteiger charge is 2.26. The maximum Gasteiger partial charge on any atom is 0.0669 e. The monoisotopic (exact) mass is 254 g/mol. The molecule has 2 heteroatoms. The summed E-state index contributed by atoms with van der Waals surface area (Å²) in [7, 11) is 0. The molecule has 1 nitrogen and oxygen atoms in total. The highest BCUT2D eigenvalue weighted by Crippen LogP contribution is 2.25. The second-order valence-corrected chi connectivity index (χ2v) is 4.15. The quantitative estimate of drug-likeness (QED) is 0.543. The summed E-state index contributed by atoms with van der Waals surface area (Å²) in [6, 6.07) is 0.